The van der Waals surface area contributed by atoms with Crippen LogP contribution in [0.25, 0.3) is 0 Å². The summed E-state index contributed by atoms with van der Waals surface area (Å²) in [5.41, 5.74) is 2.77. The second-order valence-corrected chi connectivity index (χ2v) is 5.76. The maximum Gasteiger partial charge on any atom is 0.149 e. The number of hydrogen-bond donors (Lipinski definition) is 1. The molecule has 0 spiro atoms. The molecule has 1 saturated heterocycles. The van der Waals surface area contributed by atoms with Crippen LogP contribution in [0.4, 0.5) is 0 Å². The first-order chi connectivity index (χ1) is 9.33. The summed E-state index contributed by atoms with van der Waals surface area (Å²) >= 11 is 0. The third-order valence-corrected chi connectivity index (χ3v) is 4.32. The van der Waals surface area contributed by atoms with Gasteiger partial charge in [-0.05, 0) is 43.5 Å². The number of benzene rings is 1. The van der Waals surface area contributed by atoms with Crippen molar-refractivity contribution in [3.8, 4) is 0 Å². The topological polar surface area (TPSA) is 32.3 Å². The van der Waals surface area contributed by atoms with Gasteiger partial charge in [-0.1, -0.05) is 24.3 Å². The fraction of sp³-hybridized carbons (Fsp3) is 0.562. The van der Waals surface area contributed by atoms with Crippen molar-refractivity contribution in [1.29, 1.82) is 0 Å². The molecule has 2 aliphatic heterocycles. The number of rotatable bonds is 3. The first-order valence-electron chi connectivity index (χ1n) is 7.35. The van der Waals surface area contributed by atoms with Crippen molar-refractivity contribution in [2.75, 3.05) is 19.6 Å². The molecule has 1 fully saturated rings. The second kappa shape index (κ2) is 5.85. The maximum absolute atomic E-state index is 12.4. The molecule has 3 heteroatoms. The lowest BCUT2D eigenvalue weighted by Gasteiger charge is -2.18. The lowest BCUT2D eigenvalue weighted by molar-refractivity contribution is -0.124. The van der Waals surface area contributed by atoms with E-state index in [1.165, 1.54) is 11.1 Å². The molecule has 3 nitrogen and oxygen atoms in total. The van der Waals surface area contributed by atoms with Crippen molar-refractivity contribution in [1.82, 2.24) is 10.2 Å². The molecule has 19 heavy (non-hydrogen) atoms. The Bertz CT molecular complexity index is 425. The van der Waals surface area contributed by atoms with Crippen LogP contribution in [0.2, 0.25) is 0 Å². The van der Waals surface area contributed by atoms with E-state index in [0.29, 0.717) is 12.3 Å². The van der Waals surface area contributed by atoms with E-state index >= 15 is 0 Å². The van der Waals surface area contributed by atoms with Gasteiger partial charge in [0.25, 0.3) is 0 Å². The molecule has 0 amide bonds. The molecule has 1 unspecified atom stereocenters. The third-order valence-electron chi connectivity index (χ3n) is 4.32. The summed E-state index contributed by atoms with van der Waals surface area (Å²) in [5.74, 6) is 0.718. The number of nitrogens with one attached hydrogen (secondary N) is 1. The molecule has 102 valence electrons. The molecule has 0 aliphatic carbocycles. The number of Topliss-reactive ketones (excluding diaryl/α,β-unsaturated/α-hetero) is 1. The summed E-state index contributed by atoms with van der Waals surface area (Å²) in [6.07, 6.45) is 3.21. The molecule has 2 heterocycles. The second-order valence-electron chi connectivity index (χ2n) is 5.76. The van der Waals surface area contributed by atoms with E-state index in [1.54, 1.807) is 0 Å². The van der Waals surface area contributed by atoms with E-state index in [4.69, 9.17) is 0 Å². The van der Waals surface area contributed by atoms with Crippen LogP contribution in [0.15, 0.2) is 24.3 Å². The fourth-order valence-electron chi connectivity index (χ4n) is 3.21. The molecular weight excluding hydrogens is 236 g/mol. The highest BCUT2D eigenvalue weighted by atomic mass is 16.1. The highest BCUT2D eigenvalue weighted by Gasteiger charge is 2.25. The van der Waals surface area contributed by atoms with E-state index in [-0.39, 0.29) is 5.92 Å². The number of carbonyl (C=O) groups excluding carboxylic acids is 1. The Kier molecular flexibility index (Phi) is 3.95. The maximum atomic E-state index is 12.4. The summed E-state index contributed by atoms with van der Waals surface area (Å²) in [6, 6.07) is 8.52. The molecule has 0 bridgehead atoms. The van der Waals surface area contributed by atoms with Crippen molar-refractivity contribution in [2.24, 2.45) is 5.92 Å². The van der Waals surface area contributed by atoms with Crippen molar-refractivity contribution < 1.29 is 4.79 Å². The van der Waals surface area contributed by atoms with E-state index in [1.807, 2.05) is 0 Å². The SMILES string of the molecule is O=C(CN1Cc2ccccc2C1)C1CCCNCC1. The largest absolute Gasteiger partial charge is 0.317 e. The zero-order chi connectivity index (χ0) is 13.1. The minimum Gasteiger partial charge on any atom is -0.317 e. The summed E-state index contributed by atoms with van der Waals surface area (Å²) in [7, 11) is 0. The molecule has 0 saturated carbocycles. The lowest BCUT2D eigenvalue weighted by atomic mass is 9.95. The molecule has 0 aromatic heterocycles. The van der Waals surface area contributed by atoms with Crippen LogP contribution in [0, 0.1) is 5.92 Å². The van der Waals surface area contributed by atoms with Gasteiger partial charge >= 0.3 is 0 Å². The summed E-state index contributed by atoms with van der Waals surface area (Å²) in [5, 5.41) is 3.37. The average molecular weight is 258 g/mol. The van der Waals surface area contributed by atoms with Gasteiger partial charge in [0.05, 0.1) is 6.54 Å². The molecule has 3 rings (SSSR count). The summed E-state index contributed by atoms with van der Waals surface area (Å²) < 4.78 is 0. The molecule has 1 N–H and O–H groups in total. The zero-order valence-corrected chi connectivity index (χ0v) is 11.4. The first-order valence-corrected chi connectivity index (χ1v) is 7.35. The third kappa shape index (κ3) is 3.04. The van der Waals surface area contributed by atoms with Gasteiger partial charge in [0.2, 0.25) is 0 Å². The first kappa shape index (κ1) is 12.8. The van der Waals surface area contributed by atoms with Crippen LogP contribution in [0.5, 0.6) is 0 Å². The monoisotopic (exact) mass is 258 g/mol. The summed E-state index contributed by atoms with van der Waals surface area (Å²) in [4.78, 5) is 14.7. The van der Waals surface area contributed by atoms with Gasteiger partial charge in [0.1, 0.15) is 5.78 Å². The Morgan fingerprint density at radius 2 is 1.89 bits per heavy atom. The summed E-state index contributed by atoms with van der Waals surface area (Å²) in [6.45, 7) is 4.56. The van der Waals surface area contributed by atoms with Crippen molar-refractivity contribution in [2.45, 2.75) is 32.4 Å². The quantitative estimate of drug-likeness (QED) is 0.899. The Morgan fingerprint density at radius 1 is 1.16 bits per heavy atom. The van der Waals surface area contributed by atoms with Crippen LogP contribution >= 0.6 is 0 Å². The molecule has 2 aliphatic rings. The van der Waals surface area contributed by atoms with Gasteiger partial charge in [0, 0.05) is 19.0 Å². The highest BCUT2D eigenvalue weighted by Crippen LogP contribution is 2.23. The minimum absolute atomic E-state index is 0.277. The Balaban J connectivity index is 1.56. The van der Waals surface area contributed by atoms with Gasteiger partial charge in [-0.3, -0.25) is 9.69 Å². The molecule has 1 aromatic carbocycles. The number of carbonyl (C=O) groups is 1. The molecule has 1 atom stereocenters. The molecule has 1 aromatic rings. The van der Waals surface area contributed by atoms with Crippen LogP contribution in [-0.2, 0) is 17.9 Å². The fourth-order valence-corrected chi connectivity index (χ4v) is 3.21. The van der Waals surface area contributed by atoms with Crippen molar-refractivity contribution in [3.05, 3.63) is 35.4 Å². The lowest BCUT2D eigenvalue weighted by Crippen LogP contribution is -2.30. The van der Waals surface area contributed by atoms with Crippen LogP contribution < -0.4 is 5.32 Å². The smallest absolute Gasteiger partial charge is 0.149 e. The Hall–Kier alpha value is -1.19. The Labute approximate surface area is 115 Å². The van der Waals surface area contributed by atoms with Gasteiger partial charge in [-0.2, -0.15) is 0 Å². The van der Waals surface area contributed by atoms with Crippen LogP contribution in [-0.4, -0.2) is 30.3 Å². The van der Waals surface area contributed by atoms with E-state index in [2.05, 4.69) is 34.5 Å². The van der Waals surface area contributed by atoms with Gasteiger partial charge in [-0.25, -0.2) is 0 Å². The zero-order valence-electron chi connectivity index (χ0n) is 11.4. The van der Waals surface area contributed by atoms with Gasteiger partial charge in [0.15, 0.2) is 0 Å². The van der Waals surface area contributed by atoms with Crippen molar-refractivity contribution >= 4 is 5.78 Å². The van der Waals surface area contributed by atoms with Crippen LogP contribution in [0.1, 0.15) is 30.4 Å². The average Bonchev–Trinajstić information content (AvgIpc) is 2.63. The predicted octanol–water partition coefficient (Wildman–Crippen LogP) is 1.96. The molecular formula is C16H22N2O. The van der Waals surface area contributed by atoms with Crippen LogP contribution in [0.3, 0.4) is 0 Å². The minimum atomic E-state index is 0.277. The Morgan fingerprint density at radius 3 is 2.63 bits per heavy atom. The number of ketones is 1. The van der Waals surface area contributed by atoms with E-state index in [9.17, 15) is 4.79 Å². The van der Waals surface area contributed by atoms with Gasteiger partial charge in [-0.15, -0.1) is 0 Å². The van der Waals surface area contributed by atoms with E-state index < -0.39 is 0 Å². The molecule has 0 radical (unpaired) electrons. The number of nitrogens with zero attached hydrogens (tertiary/aromatic N) is 1. The standard InChI is InChI=1S/C16H22N2O/c19-16(13-6-3-8-17-9-7-13)12-18-10-14-4-1-2-5-15(14)11-18/h1-2,4-5,13,17H,3,6-12H2. The highest BCUT2D eigenvalue weighted by molar-refractivity contribution is 5.83. The van der Waals surface area contributed by atoms with Crippen molar-refractivity contribution in [3.63, 3.8) is 0 Å². The van der Waals surface area contributed by atoms with Gasteiger partial charge < -0.3 is 5.32 Å². The predicted molar refractivity (Wildman–Crippen MR) is 75.8 cm³/mol. The number of hydrogen-bond acceptors (Lipinski definition) is 3. The normalized spacial score (nSPS) is 23.9. The van der Waals surface area contributed by atoms with E-state index in [0.717, 1.165) is 45.4 Å². The number of fused-ring (bicyclic) bond motifs is 1.